The first kappa shape index (κ1) is 20.5. The molecule has 29 heavy (non-hydrogen) atoms. The van der Waals surface area contributed by atoms with Crippen LogP contribution in [-0.2, 0) is 6.61 Å². The highest BCUT2D eigenvalue weighted by Crippen LogP contribution is 2.25. The van der Waals surface area contributed by atoms with Gasteiger partial charge in [-0.05, 0) is 54.8 Å². The molecular formula is C25H27NO3. The first-order chi connectivity index (χ1) is 14.2. The number of amides is 1. The predicted molar refractivity (Wildman–Crippen MR) is 116 cm³/mol. The van der Waals surface area contributed by atoms with Crippen molar-refractivity contribution in [3.8, 4) is 22.6 Å². The Morgan fingerprint density at radius 3 is 2.28 bits per heavy atom. The van der Waals surface area contributed by atoms with Crippen molar-refractivity contribution in [1.29, 1.82) is 0 Å². The Kier molecular flexibility index (Phi) is 7.28. The molecule has 0 aromatic heterocycles. The second-order valence-corrected chi connectivity index (χ2v) is 6.69. The molecule has 3 rings (SSSR count). The van der Waals surface area contributed by atoms with Gasteiger partial charge in [-0.3, -0.25) is 4.79 Å². The van der Waals surface area contributed by atoms with Crippen LogP contribution in [0.5, 0.6) is 11.5 Å². The summed E-state index contributed by atoms with van der Waals surface area (Å²) < 4.78 is 11.7. The Bertz CT molecular complexity index is 921. The quantitative estimate of drug-likeness (QED) is 0.528. The van der Waals surface area contributed by atoms with Gasteiger partial charge in [0.15, 0.2) is 0 Å². The molecule has 0 atom stereocenters. The van der Waals surface area contributed by atoms with E-state index in [0.717, 1.165) is 29.0 Å². The van der Waals surface area contributed by atoms with Crippen LogP contribution < -0.4 is 14.8 Å². The number of hydrogen-bond acceptors (Lipinski definition) is 3. The maximum Gasteiger partial charge on any atom is 0.251 e. The maximum atomic E-state index is 12.3. The molecule has 4 heteroatoms. The summed E-state index contributed by atoms with van der Waals surface area (Å²) in [6.07, 6.45) is 0.901. The third-order valence-electron chi connectivity index (χ3n) is 4.51. The molecule has 0 saturated carbocycles. The summed E-state index contributed by atoms with van der Waals surface area (Å²) in [5.74, 6) is 1.43. The Labute approximate surface area is 172 Å². The predicted octanol–water partition coefficient (Wildman–Crippen LogP) is 5.47. The van der Waals surface area contributed by atoms with Crippen LogP contribution in [0.2, 0.25) is 0 Å². The molecule has 0 spiro atoms. The van der Waals surface area contributed by atoms with Crippen LogP contribution in [0.15, 0.2) is 72.8 Å². The minimum atomic E-state index is -0.0802. The van der Waals surface area contributed by atoms with Gasteiger partial charge in [-0.1, -0.05) is 49.4 Å². The number of hydrogen-bond donors (Lipinski definition) is 1. The van der Waals surface area contributed by atoms with Gasteiger partial charge in [0.05, 0.1) is 6.61 Å². The third kappa shape index (κ3) is 5.61. The minimum Gasteiger partial charge on any atom is -0.493 e. The fraction of sp³-hybridized carbons (Fsp3) is 0.240. The van der Waals surface area contributed by atoms with Gasteiger partial charge < -0.3 is 14.8 Å². The first-order valence-electron chi connectivity index (χ1n) is 10.0. The van der Waals surface area contributed by atoms with E-state index in [9.17, 15) is 4.79 Å². The normalized spacial score (nSPS) is 10.4. The molecule has 1 N–H and O–H groups in total. The standard InChI is InChI=1S/C25H27NO3/c1-3-16-26-25(27)21-12-15-24(28-4-2)22(17-21)18-29-23-13-10-20(11-14-23)19-8-6-5-7-9-19/h5-15,17H,3-4,16,18H2,1-2H3,(H,26,27). The van der Waals surface area contributed by atoms with E-state index in [-0.39, 0.29) is 5.91 Å². The highest BCUT2D eigenvalue weighted by molar-refractivity contribution is 5.94. The highest BCUT2D eigenvalue weighted by Gasteiger charge is 2.11. The second kappa shape index (κ2) is 10.3. The molecule has 0 aliphatic heterocycles. The van der Waals surface area contributed by atoms with Crippen molar-refractivity contribution in [2.24, 2.45) is 0 Å². The van der Waals surface area contributed by atoms with Gasteiger partial charge in [-0.2, -0.15) is 0 Å². The fourth-order valence-corrected chi connectivity index (χ4v) is 3.01. The van der Waals surface area contributed by atoms with Gasteiger partial charge in [0.25, 0.3) is 5.91 Å². The lowest BCUT2D eigenvalue weighted by atomic mass is 10.1. The molecule has 0 saturated heterocycles. The van der Waals surface area contributed by atoms with Crippen molar-refractivity contribution in [1.82, 2.24) is 5.32 Å². The lowest BCUT2D eigenvalue weighted by Gasteiger charge is -2.14. The lowest BCUT2D eigenvalue weighted by molar-refractivity contribution is 0.0953. The molecule has 150 valence electrons. The zero-order valence-corrected chi connectivity index (χ0v) is 17.0. The zero-order valence-electron chi connectivity index (χ0n) is 17.0. The van der Waals surface area contributed by atoms with E-state index in [2.05, 4.69) is 17.4 Å². The monoisotopic (exact) mass is 389 g/mol. The first-order valence-corrected chi connectivity index (χ1v) is 10.0. The molecule has 4 nitrogen and oxygen atoms in total. The van der Waals surface area contributed by atoms with Gasteiger partial charge in [0.2, 0.25) is 0 Å². The molecule has 1 amide bonds. The van der Waals surface area contributed by atoms with Gasteiger partial charge in [0, 0.05) is 17.7 Å². The molecule has 0 aliphatic carbocycles. The maximum absolute atomic E-state index is 12.3. The van der Waals surface area contributed by atoms with Crippen molar-refractivity contribution in [3.63, 3.8) is 0 Å². The average molecular weight is 389 g/mol. The molecular weight excluding hydrogens is 362 g/mol. The SMILES string of the molecule is CCCNC(=O)c1ccc(OCC)c(COc2ccc(-c3ccccc3)cc2)c1. The van der Waals surface area contributed by atoms with Gasteiger partial charge >= 0.3 is 0 Å². The number of nitrogens with one attached hydrogen (secondary N) is 1. The Hall–Kier alpha value is -3.27. The van der Waals surface area contributed by atoms with Crippen LogP contribution in [0.1, 0.15) is 36.2 Å². The third-order valence-corrected chi connectivity index (χ3v) is 4.51. The lowest BCUT2D eigenvalue weighted by Crippen LogP contribution is -2.24. The smallest absolute Gasteiger partial charge is 0.251 e. The Morgan fingerprint density at radius 2 is 1.59 bits per heavy atom. The summed E-state index contributed by atoms with van der Waals surface area (Å²) in [5, 5.41) is 2.90. The summed E-state index contributed by atoms with van der Waals surface area (Å²) in [4.78, 5) is 12.3. The highest BCUT2D eigenvalue weighted by atomic mass is 16.5. The van der Waals surface area contributed by atoms with Crippen LogP contribution in [-0.4, -0.2) is 19.1 Å². The number of carbonyl (C=O) groups is 1. The largest absolute Gasteiger partial charge is 0.493 e. The Morgan fingerprint density at radius 1 is 0.862 bits per heavy atom. The van der Waals surface area contributed by atoms with Crippen molar-refractivity contribution >= 4 is 5.91 Å². The number of benzene rings is 3. The van der Waals surface area contributed by atoms with Crippen LogP contribution in [0, 0.1) is 0 Å². The van der Waals surface area contributed by atoms with E-state index in [1.165, 1.54) is 5.56 Å². The molecule has 0 radical (unpaired) electrons. The number of rotatable bonds is 9. The summed E-state index contributed by atoms with van der Waals surface area (Å²) in [7, 11) is 0. The molecule has 0 fully saturated rings. The molecule has 0 heterocycles. The van der Waals surface area contributed by atoms with Crippen molar-refractivity contribution < 1.29 is 14.3 Å². The van der Waals surface area contributed by atoms with Crippen molar-refractivity contribution in [3.05, 3.63) is 83.9 Å². The van der Waals surface area contributed by atoms with Crippen LogP contribution in [0.25, 0.3) is 11.1 Å². The van der Waals surface area contributed by atoms with E-state index in [0.29, 0.717) is 25.3 Å². The van der Waals surface area contributed by atoms with E-state index in [1.54, 1.807) is 6.07 Å². The second-order valence-electron chi connectivity index (χ2n) is 6.69. The molecule has 3 aromatic rings. The number of ether oxygens (including phenoxy) is 2. The molecule has 0 aliphatic rings. The van der Waals surface area contributed by atoms with E-state index >= 15 is 0 Å². The molecule has 0 bridgehead atoms. The van der Waals surface area contributed by atoms with Gasteiger partial charge in [-0.15, -0.1) is 0 Å². The Balaban J connectivity index is 1.72. The van der Waals surface area contributed by atoms with E-state index < -0.39 is 0 Å². The van der Waals surface area contributed by atoms with Gasteiger partial charge in [-0.25, -0.2) is 0 Å². The van der Waals surface area contributed by atoms with Crippen molar-refractivity contribution in [2.45, 2.75) is 26.9 Å². The van der Waals surface area contributed by atoms with Gasteiger partial charge in [0.1, 0.15) is 18.1 Å². The number of carbonyl (C=O) groups excluding carboxylic acids is 1. The molecule has 0 unspecified atom stereocenters. The van der Waals surface area contributed by atoms with Crippen LogP contribution >= 0.6 is 0 Å². The summed E-state index contributed by atoms with van der Waals surface area (Å²) in [6.45, 7) is 5.51. The average Bonchev–Trinajstić information content (AvgIpc) is 2.78. The molecule has 3 aromatic carbocycles. The van der Waals surface area contributed by atoms with Crippen LogP contribution in [0.3, 0.4) is 0 Å². The summed E-state index contributed by atoms with van der Waals surface area (Å²) in [6, 6.07) is 23.7. The summed E-state index contributed by atoms with van der Waals surface area (Å²) in [5.41, 5.74) is 3.77. The topological polar surface area (TPSA) is 47.6 Å². The minimum absolute atomic E-state index is 0.0802. The summed E-state index contributed by atoms with van der Waals surface area (Å²) >= 11 is 0. The fourth-order valence-electron chi connectivity index (χ4n) is 3.01. The van der Waals surface area contributed by atoms with Crippen LogP contribution in [0.4, 0.5) is 0 Å². The van der Waals surface area contributed by atoms with Crippen molar-refractivity contribution in [2.75, 3.05) is 13.2 Å². The van der Waals surface area contributed by atoms with E-state index in [4.69, 9.17) is 9.47 Å². The van der Waals surface area contributed by atoms with E-state index in [1.807, 2.05) is 68.4 Å². The zero-order chi connectivity index (χ0) is 20.5.